The minimum atomic E-state index is -0.784. The van der Waals surface area contributed by atoms with Gasteiger partial charge in [0.05, 0.1) is 0 Å². The second kappa shape index (κ2) is 6.36. The molecular formula is C13H26N2O2. The first-order chi connectivity index (χ1) is 7.98. The van der Waals surface area contributed by atoms with Crippen molar-refractivity contribution in [1.29, 1.82) is 0 Å². The van der Waals surface area contributed by atoms with E-state index in [0.29, 0.717) is 6.42 Å². The normalized spacial score (nSPS) is 19.3. The summed E-state index contributed by atoms with van der Waals surface area (Å²) in [4.78, 5) is 13.5. The molecule has 0 radical (unpaired) electrons. The molecule has 0 aromatic rings. The van der Waals surface area contributed by atoms with Crippen molar-refractivity contribution in [3.63, 3.8) is 0 Å². The molecule has 0 spiro atoms. The molecule has 0 heterocycles. The molecule has 1 aliphatic rings. The zero-order valence-electron chi connectivity index (χ0n) is 11.3. The van der Waals surface area contributed by atoms with Gasteiger partial charge in [-0.3, -0.25) is 4.79 Å². The van der Waals surface area contributed by atoms with Crippen LogP contribution in [-0.4, -0.2) is 48.2 Å². The number of aliphatic carboxylic acids is 1. The molecule has 1 aliphatic carbocycles. The van der Waals surface area contributed by atoms with Crippen LogP contribution in [0, 0.1) is 5.92 Å². The monoisotopic (exact) mass is 242 g/mol. The highest BCUT2D eigenvalue weighted by atomic mass is 16.4. The zero-order chi connectivity index (χ0) is 12.9. The van der Waals surface area contributed by atoms with Gasteiger partial charge in [0, 0.05) is 13.1 Å². The quantitative estimate of drug-likeness (QED) is 0.644. The van der Waals surface area contributed by atoms with Gasteiger partial charge in [0.1, 0.15) is 5.54 Å². The number of hydrogen-bond acceptors (Lipinski definition) is 3. The minimum absolute atomic E-state index is 0.658. The summed E-state index contributed by atoms with van der Waals surface area (Å²) >= 11 is 0. The fourth-order valence-corrected chi connectivity index (χ4v) is 1.92. The Morgan fingerprint density at radius 3 is 2.65 bits per heavy atom. The largest absolute Gasteiger partial charge is 0.480 e. The van der Waals surface area contributed by atoms with Crippen LogP contribution >= 0.6 is 0 Å². The van der Waals surface area contributed by atoms with E-state index in [1.165, 1.54) is 12.8 Å². The predicted octanol–water partition coefficient (Wildman–Crippen LogP) is 1.56. The van der Waals surface area contributed by atoms with Crippen molar-refractivity contribution in [2.75, 3.05) is 26.7 Å². The van der Waals surface area contributed by atoms with Crippen molar-refractivity contribution in [3.05, 3.63) is 0 Å². The van der Waals surface area contributed by atoms with E-state index in [2.05, 4.69) is 24.2 Å². The van der Waals surface area contributed by atoms with Gasteiger partial charge in [0.15, 0.2) is 0 Å². The lowest BCUT2D eigenvalue weighted by Crippen LogP contribution is -2.51. The van der Waals surface area contributed by atoms with E-state index in [4.69, 9.17) is 0 Å². The number of rotatable bonds is 9. The Balaban J connectivity index is 2.33. The highest BCUT2D eigenvalue weighted by Crippen LogP contribution is 2.29. The average Bonchev–Trinajstić information content (AvgIpc) is 3.07. The number of hydrogen-bond donors (Lipinski definition) is 2. The van der Waals surface area contributed by atoms with Crippen LogP contribution in [0.5, 0.6) is 0 Å². The van der Waals surface area contributed by atoms with Gasteiger partial charge in [-0.2, -0.15) is 0 Å². The topological polar surface area (TPSA) is 52.6 Å². The molecule has 1 rings (SSSR count). The third-order valence-corrected chi connectivity index (χ3v) is 3.50. The summed E-state index contributed by atoms with van der Waals surface area (Å²) in [5.74, 6) is 0.116. The lowest BCUT2D eigenvalue weighted by molar-refractivity contribution is -0.144. The van der Waals surface area contributed by atoms with E-state index < -0.39 is 11.5 Å². The van der Waals surface area contributed by atoms with E-state index in [9.17, 15) is 9.90 Å². The first kappa shape index (κ1) is 14.5. The molecule has 0 amide bonds. The first-order valence-corrected chi connectivity index (χ1v) is 6.65. The summed E-state index contributed by atoms with van der Waals surface area (Å²) in [6.45, 7) is 6.55. The maximum atomic E-state index is 11.3. The van der Waals surface area contributed by atoms with Crippen LogP contribution in [0.15, 0.2) is 0 Å². The number of nitrogens with one attached hydrogen (secondary N) is 1. The van der Waals surface area contributed by atoms with Crippen molar-refractivity contribution < 1.29 is 9.90 Å². The maximum Gasteiger partial charge on any atom is 0.323 e. The van der Waals surface area contributed by atoms with Crippen molar-refractivity contribution in [1.82, 2.24) is 10.2 Å². The summed E-state index contributed by atoms with van der Waals surface area (Å²) in [5.41, 5.74) is -0.784. The van der Waals surface area contributed by atoms with Gasteiger partial charge in [-0.05, 0) is 52.1 Å². The van der Waals surface area contributed by atoms with E-state index in [1.54, 1.807) is 6.92 Å². The third-order valence-electron chi connectivity index (χ3n) is 3.50. The van der Waals surface area contributed by atoms with Gasteiger partial charge in [0.25, 0.3) is 0 Å². The predicted molar refractivity (Wildman–Crippen MR) is 69.2 cm³/mol. The molecule has 1 saturated carbocycles. The minimum Gasteiger partial charge on any atom is -0.480 e. The smallest absolute Gasteiger partial charge is 0.323 e. The molecular weight excluding hydrogens is 216 g/mol. The van der Waals surface area contributed by atoms with Gasteiger partial charge < -0.3 is 15.3 Å². The number of carboxylic acids is 1. The average molecular weight is 242 g/mol. The molecule has 4 heteroatoms. The van der Waals surface area contributed by atoms with Crippen molar-refractivity contribution >= 4 is 5.97 Å². The Morgan fingerprint density at radius 2 is 2.18 bits per heavy atom. The molecule has 2 N–H and O–H groups in total. The van der Waals surface area contributed by atoms with Gasteiger partial charge >= 0.3 is 5.97 Å². The molecule has 0 aromatic heterocycles. The Hall–Kier alpha value is -0.610. The molecule has 17 heavy (non-hydrogen) atoms. The summed E-state index contributed by atoms with van der Waals surface area (Å²) in [6, 6.07) is 0. The number of nitrogens with zero attached hydrogens (tertiary/aromatic N) is 1. The highest BCUT2D eigenvalue weighted by molar-refractivity contribution is 5.78. The number of carbonyl (C=O) groups is 1. The molecule has 1 unspecified atom stereocenters. The lowest BCUT2D eigenvalue weighted by atomic mass is 9.97. The fraction of sp³-hybridized carbons (Fsp3) is 0.923. The van der Waals surface area contributed by atoms with Crippen LogP contribution in [0.25, 0.3) is 0 Å². The standard InChI is InChI=1S/C13H26N2O2/c1-4-8-14-13(2,12(16)17)7-9-15(3)10-11-5-6-11/h11,14H,4-10H2,1-3H3,(H,16,17). The summed E-state index contributed by atoms with van der Waals surface area (Å²) < 4.78 is 0. The van der Waals surface area contributed by atoms with E-state index in [1.807, 2.05) is 0 Å². The maximum absolute atomic E-state index is 11.3. The molecule has 1 atom stereocenters. The van der Waals surface area contributed by atoms with Crippen LogP contribution < -0.4 is 5.32 Å². The Bertz CT molecular complexity index is 254. The zero-order valence-corrected chi connectivity index (χ0v) is 11.3. The first-order valence-electron chi connectivity index (χ1n) is 6.65. The van der Waals surface area contributed by atoms with Gasteiger partial charge in [0.2, 0.25) is 0 Å². The highest BCUT2D eigenvalue weighted by Gasteiger charge is 2.32. The van der Waals surface area contributed by atoms with Gasteiger partial charge in [-0.15, -0.1) is 0 Å². The fourth-order valence-electron chi connectivity index (χ4n) is 1.92. The van der Waals surface area contributed by atoms with Gasteiger partial charge in [-0.1, -0.05) is 6.92 Å². The SMILES string of the molecule is CCCNC(C)(CCN(C)CC1CC1)C(=O)O. The van der Waals surface area contributed by atoms with E-state index in [0.717, 1.165) is 32.0 Å². The van der Waals surface area contributed by atoms with E-state index in [-0.39, 0.29) is 0 Å². The van der Waals surface area contributed by atoms with Crippen molar-refractivity contribution in [3.8, 4) is 0 Å². The molecule has 0 aromatic carbocycles. The third kappa shape index (κ3) is 5.04. The Labute approximate surface area is 104 Å². The number of carboxylic acid groups (broad SMARTS) is 1. The second-order valence-corrected chi connectivity index (χ2v) is 5.52. The van der Waals surface area contributed by atoms with Crippen LogP contribution in [0.4, 0.5) is 0 Å². The molecule has 4 nitrogen and oxygen atoms in total. The molecule has 0 saturated heterocycles. The summed E-state index contributed by atoms with van der Waals surface area (Å²) in [6.07, 6.45) is 4.30. The molecule has 0 aliphatic heterocycles. The van der Waals surface area contributed by atoms with Crippen LogP contribution in [0.3, 0.4) is 0 Å². The van der Waals surface area contributed by atoms with E-state index >= 15 is 0 Å². The Morgan fingerprint density at radius 1 is 1.53 bits per heavy atom. The van der Waals surface area contributed by atoms with Crippen molar-refractivity contribution in [2.45, 2.75) is 45.1 Å². The molecule has 1 fully saturated rings. The van der Waals surface area contributed by atoms with Crippen molar-refractivity contribution in [2.24, 2.45) is 5.92 Å². The van der Waals surface area contributed by atoms with Crippen LogP contribution in [-0.2, 0) is 4.79 Å². The molecule has 0 bridgehead atoms. The Kier molecular flexibility index (Phi) is 5.40. The summed E-state index contributed by atoms with van der Waals surface area (Å²) in [5, 5.41) is 12.4. The van der Waals surface area contributed by atoms with Crippen LogP contribution in [0.1, 0.15) is 39.5 Å². The van der Waals surface area contributed by atoms with Gasteiger partial charge in [-0.25, -0.2) is 0 Å². The molecule has 100 valence electrons. The summed E-state index contributed by atoms with van der Waals surface area (Å²) in [7, 11) is 2.08. The van der Waals surface area contributed by atoms with Crippen LogP contribution in [0.2, 0.25) is 0 Å². The second-order valence-electron chi connectivity index (χ2n) is 5.52. The lowest BCUT2D eigenvalue weighted by Gasteiger charge is -2.28.